The number of imidazole rings is 1. The molecule has 2 aromatic heterocycles. The fourth-order valence-electron chi connectivity index (χ4n) is 3.26. The summed E-state index contributed by atoms with van der Waals surface area (Å²) in [5, 5.41) is 6.93. The predicted molar refractivity (Wildman–Crippen MR) is 117 cm³/mol. The van der Waals surface area contributed by atoms with Gasteiger partial charge < -0.3 is 19.6 Å². The Morgan fingerprint density at radius 2 is 1.94 bits per heavy atom. The summed E-state index contributed by atoms with van der Waals surface area (Å²) in [4.78, 5) is 24.3. The first-order valence-corrected chi connectivity index (χ1v) is 10.5. The molecule has 160 valence electrons. The molecule has 0 aliphatic carbocycles. The minimum absolute atomic E-state index is 0.0366. The van der Waals surface area contributed by atoms with E-state index in [1.807, 2.05) is 55.5 Å². The van der Waals surface area contributed by atoms with Gasteiger partial charge in [-0.1, -0.05) is 17.3 Å². The number of fused-ring (bicyclic) bond motifs is 1. The van der Waals surface area contributed by atoms with Crippen molar-refractivity contribution in [2.75, 3.05) is 13.2 Å². The Bertz CT molecular complexity index is 1100. The summed E-state index contributed by atoms with van der Waals surface area (Å²) < 4.78 is 10.7. The van der Waals surface area contributed by atoms with Crippen molar-refractivity contribution in [3.05, 3.63) is 60.2 Å². The highest BCUT2D eigenvalue weighted by molar-refractivity contribution is 5.76. The van der Waals surface area contributed by atoms with E-state index in [0.717, 1.165) is 41.0 Å². The molecule has 0 bridgehead atoms. The number of carbonyl (C=O) groups excluding carboxylic acids is 1. The number of benzene rings is 2. The third-order valence-electron chi connectivity index (χ3n) is 4.81. The highest BCUT2D eigenvalue weighted by Crippen LogP contribution is 2.20. The number of rotatable bonds is 10. The summed E-state index contributed by atoms with van der Waals surface area (Å²) in [7, 11) is 0. The van der Waals surface area contributed by atoms with Crippen LogP contribution < -0.4 is 10.1 Å². The largest absolute Gasteiger partial charge is 0.494 e. The highest BCUT2D eigenvalue weighted by atomic mass is 16.5. The number of aromatic amines is 1. The van der Waals surface area contributed by atoms with Crippen LogP contribution in [-0.4, -0.2) is 39.2 Å². The summed E-state index contributed by atoms with van der Waals surface area (Å²) in [6, 6.07) is 15.4. The second-order valence-electron chi connectivity index (χ2n) is 7.12. The van der Waals surface area contributed by atoms with Crippen LogP contribution in [0.4, 0.5) is 0 Å². The maximum absolute atomic E-state index is 12.1. The molecule has 31 heavy (non-hydrogen) atoms. The Hall–Kier alpha value is -3.68. The SMILES string of the molecule is CCOc1ccc(-c2noc(CCC(=O)NCCCc3nc4ccccc4[nH]3)n2)cc1. The Kier molecular flexibility index (Phi) is 6.56. The zero-order chi connectivity index (χ0) is 21.5. The predicted octanol–water partition coefficient (Wildman–Crippen LogP) is 3.69. The zero-order valence-corrected chi connectivity index (χ0v) is 17.4. The van der Waals surface area contributed by atoms with Crippen LogP contribution in [0.2, 0.25) is 0 Å². The molecule has 2 heterocycles. The molecule has 0 saturated heterocycles. The van der Waals surface area contributed by atoms with Crippen molar-refractivity contribution in [2.24, 2.45) is 0 Å². The van der Waals surface area contributed by atoms with E-state index in [2.05, 4.69) is 25.4 Å². The van der Waals surface area contributed by atoms with Gasteiger partial charge in [0.05, 0.1) is 17.6 Å². The van der Waals surface area contributed by atoms with Crippen molar-refractivity contribution in [2.45, 2.75) is 32.6 Å². The molecule has 8 nitrogen and oxygen atoms in total. The van der Waals surface area contributed by atoms with Gasteiger partial charge >= 0.3 is 0 Å². The van der Waals surface area contributed by atoms with Gasteiger partial charge in [0.25, 0.3) is 0 Å². The standard InChI is InChI=1S/C23H25N5O3/c1-2-30-17-11-9-16(10-12-17)23-27-22(31-28-23)14-13-21(29)24-15-5-8-20-25-18-6-3-4-7-19(18)26-20/h3-4,6-7,9-12H,2,5,8,13-15H2,1H3,(H,24,29)(H,25,26). The quantitative estimate of drug-likeness (QED) is 0.380. The highest BCUT2D eigenvalue weighted by Gasteiger charge is 2.11. The Balaban J connectivity index is 1.18. The first kappa shape index (κ1) is 20.6. The van der Waals surface area contributed by atoms with Gasteiger partial charge in [0.2, 0.25) is 17.6 Å². The van der Waals surface area contributed by atoms with Crippen molar-refractivity contribution in [1.82, 2.24) is 25.4 Å². The second kappa shape index (κ2) is 9.88. The smallest absolute Gasteiger partial charge is 0.227 e. The van der Waals surface area contributed by atoms with E-state index in [-0.39, 0.29) is 5.91 Å². The van der Waals surface area contributed by atoms with Crippen molar-refractivity contribution >= 4 is 16.9 Å². The van der Waals surface area contributed by atoms with Gasteiger partial charge in [-0.25, -0.2) is 4.98 Å². The normalized spacial score (nSPS) is 11.0. The molecule has 0 fully saturated rings. The third-order valence-corrected chi connectivity index (χ3v) is 4.81. The summed E-state index contributed by atoms with van der Waals surface area (Å²) in [6.07, 6.45) is 2.30. The van der Waals surface area contributed by atoms with Crippen LogP contribution in [0.15, 0.2) is 53.1 Å². The van der Waals surface area contributed by atoms with E-state index in [1.54, 1.807) is 0 Å². The molecule has 2 aromatic carbocycles. The minimum Gasteiger partial charge on any atom is -0.494 e. The third kappa shape index (κ3) is 5.48. The minimum atomic E-state index is -0.0366. The molecule has 0 aliphatic heterocycles. The lowest BCUT2D eigenvalue weighted by Gasteiger charge is -2.03. The van der Waals surface area contributed by atoms with E-state index < -0.39 is 0 Å². The lowest BCUT2D eigenvalue weighted by molar-refractivity contribution is -0.121. The number of para-hydroxylation sites is 2. The van der Waals surface area contributed by atoms with Crippen molar-refractivity contribution < 1.29 is 14.1 Å². The molecule has 8 heteroatoms. The lowest BCUT2D eigenvalue weighted by atomic mass is 10.2. The molecule has 0 radical (unpaired) electrons. The van der Waals surface area contributed by atoms with Crippen LogP contribution in [0, 0.1) is 0 Å². The number of hydrogen-bond donors (Lipinski definition) is 2. The Morgan fingerprint density at radius 1 is 1.10 bits per heavy atom. The van der Waals surface area contributed by atoms with Gasteiger partial charge in [0, 0.05) is 31.4 Å². The zero-order valence-electron chi connectivity index (χ0n) is 17.4. The number of nitrogens with zero attached hydrogens (tertiary/aromatic N) is 3. The maximum atomic E-state index is 12.1. The number of ether oxygens (including phenoxy) is 1. The van der Waals surface area contributed by atoms with Gasteiger partial charge in [-0.15, -0.1) is 0 Å². The fraction of sp³-hybridized carbons (Fsp3) is 0.304. The van der Waals surface area contributed by atoms with Crippen LogP contribution in [0.25, 0.3) is 22.4 Å². The van der Waals surface area contributed by atoms with Gasteiger partial charge in [-0.2, -0.15) is 4.98 Å². The van der Waals surface area contributed by atoms with Crippen molar-refractivity contribution in [1.29, 1.82) is 0 Å². The van der Waals surface area contributed by atoms with Crippen LogP contribution in [-0.2, 0) is 17.6 Å². The molecule has 0 atom stereocenters. The summed E-state index contributed by atoms with van der Waals surface area (Å²) >= 11 is 0. The molecule has 4 rings (SSSR count). The summed E-state index contributed by atoms with van der Waals surface area (Å²) in [6.45, 7) is 3.15. The average molecular weight is 419 g/mol. The number of amides is 1. The molecular weight excluding hydrogens is 394 g/mol. The molecule has 0 saturated carbocycles. The number of aryl methyl sites for hydroxylation is 2. The maximum Gasteiger partial charge on any atom is 0.227 e. The number of H-pyrrole nitrogens is 1. The molecular formula is C23H25N5O3. The first-order chi connectivity index (χ1) is 15.2. The monoisotopic (exact) mass is 419 g/mol. The van der Waals surface area contributed by atoms with E-state index in [9.17, 15) is 4.79 Å². The second-order valence-corrected chi connectivity index (χ2v) is 7.12. The van der Waals surface area contributed by atoms with E-state index in [0.29, 0.717) is 37.7 Å². The van der Waals surface area contributed by atoms with Crippen LogP contribution in [0.3, 0.4) is 0 Å². The van der Waals surface area contributed by atoms with Crippen LogP contribution in [0.1, 0.15) is 31.5 Å². The summed E-state index contributed by atoms with van der Waals surface area (Å²) in [5.41, 5.74) is 2.84. The molecule has 2 N–H and O–H groups in total. The van der Waals surface area contributed by atoms with E-state index >= 15 is 0 Å². The van der Waals surface area contributed by atoms with Crippen LogP contribution in [0.5, 0.6) is 5.75 Å². The van der Waals surface area contributed by atoms with Crippen molar-refractivity contribution in [3.8, 4) is 17.1 Å². The number of hydrogen-bond acceptors (Lipinski definition) is 6. The molecule has 1 amide bonds. The molecule has 0 unspecified atom stereocenters. The Morgan fingerprint density at radius 3 is 2.74 bits per heavy atom. The Labute approximate surface area is 180 Å². The molecule has 0 spiro atoms. The van der Waals surface area contributed by atoms with Gasteiger partial charge in [0.15, 0.2) is 0 Å². The van der Waals surface area contributed by atoms with Gasteiger partial charge in [-0.05, 0) is 49.7 Å². The number of nitrogens with one attached hydrogen (secondary N) is 2. The molecule has 4 aromatic rings. The van der Waals surface area contributed by atoms with Gasteiger partial charge in [-0.3, -0.25) is 4.79 Å². The number of carbonyl (C=O) groups is 1. The number of aromatic nitrogens is 4. The summed E-state index contributed by atoms with van der Waals surface area (Å²) in [5.74, 6) is 2.64. The topological polar surface area (TPSA) is 106 Å². The first-order valence-electron chi connectivity index (χ1n) is 10.5. The van der Waals surface area contributed by atoms with E-state index in [1.165, 1.54) is 0 Å². The lowest BCUT2D eigenvalue weighted by Crippen LogP contribution is -2.25. The van der Waals surface area contributed by atoms with Crippen LogP contribution >= 0.6 is 0 Å². The van der Waals surface area contributed by atoms with Crippen molar-refractivity contribution in [3.63, 3.8) is 0 Å². The van der Waals surface area contributed by atoms with E-state index in [4.69, 9.17) is 9.26 Å². The average Bonchev–Trinajstić information content (AvgIpc) is 3.43. The van der Waals surface area contributed by atoms with Gasteiger partial charge in [0.1, 0.15) is 11.6 Å². The fourth-order valence-corrected chi connectivity index (χ4v) is 3.26. The molecule has 0 aliphatic rings.